The lowest BCUT2D eigenvalue weighted by Gasteiger charge is -2.21. The van der Waals surface area contributed by atoms with Crippen molar-refractivity contribution in [1.29, 1.82) is 0 Å². The van der Waals surface area contributed by atoms with E-state index in [1.807, 2.05) is 10.9 Å². The minimum Gasteiger partial charge on any atom is -0.394 e. The number of carbonyl (C=O) groups is 4. The van der Waals surface area contributed by atoms with Gasteiger partial charge in [-0.3, -0.25) is 30.0 Å². The van der Waals surface area contributed by atoms with Gasteiger partial charge in [-0.2, -0.15) is 0 Å². The van der Waals surface area contributed by atoms with E-state index in [-0.39, 0.29) is 0 Å². The number of aliphatic hydroxyl groups excluding tert-OH is 2. The fourth-order valence-electron chi connectivity index (χ4n) is 1.28. The van der Waals surface area contributed by atoms with Gasteiger partial charge in [-0.15, -0.1) is 0 Å². The largest absolute Gasteiger partial charge is 0.394 e. The van der Waals surface area contributed by atoms with Crippen molar-refractivity contribution in [1.82, 2.24) is 16.2 Å². The van der Waals surface area contributed by atoms with Crippen molar-refractivity contribution in [3.05, 3.63) is 0 Å². The van der Waals surface area contributed by atoms with Crippen LogP contribution in [0.3, 0.4) is 0 Å². The Kier molecular flexibility index (Phi) is 8.72. The monoisotopic (exact) mass is 334 g/mol. The molecule has 0 saturated heterocycles. The maximum Gasteiger partial charge on any atom is 0.261 e. The summed E-state index contributed by atoms with van der Waals surface area (Å²) in [6, 6.07) is -4.01. The molecular weight excluding hydrogens is 312 g/mol. The number of hydrogen-bond acceptors (Lipinski definition) is 8. The van der Waals surface area contributed by atoms with E-state index >= 15 is 0 Å². The Morgan fingerprint density at radius 1 is 1.04 bits per heavy atom. The Hall–Kier alpha value is -2.28. The molecule has 12 nitrogen and oxygen atoms in total. The lowest BCUT2D eigenvalue weighted by molar-refractivity contribution is -0.134. The van der Waals surface area contributed by atoms with Gasteiger partial charge in [0, 0.05) is 0 Å². The molecule has 0 bridgehead atoms. The fraction of sp³-hybridized carbons (Fsp3) is 0.636. The van der Waals surface area contributed by atoms with Crippen LogP contribution in [0.1, 0.15) is 13.3 Å². The van der Waals surface area contributed by atoms with E-state index < -0.39 is 60.9 Å². The Labute approximate surface area is 131 Å². The molecule has 0 fully saturated rings. The van der Waals surface area contributed by atoms with Gasteiger partial charge in [0.1, 0.15) is 18.1 Å². The molecule has 0 aromatic rings. The average molecular weight is 334 g/mol. The van der Waals surface area contributed by atoms with Gasteiger partial charge in [-0.1, -0.05) is 0 Å². The molecule has 0 heterocycles. The highest BCUT2D eigenvalue weighted by atomic mass is 16.3. The molecule has 0 saturated carbocycles. The van der Waals surface area contributed by atoms with Crippen LogP contribution in [0.5, 0.6) is 0 Å². The topological polar surface area (TPSA) is 223 Å². The Morgan fingerprint density at radius 3 is 2.00 bits per heavy atom. The van der Waals surface area contributed by atoms with Crippen LogP contribution in [-0.2, 0) is 19.2 Å². The van der Waals surface area contributed by atoms with E-state index in [4.69, 9.17) is 22.3 Å². The molecule has 0 aliphatic rings. The van der Waals surface area contributed by atoms with Gasteiger partial charge in [0.2, 0.25) is 11.8 Å². The zero-order chi connectivity index (χ0) is 18.2. The van der Waals surface area contributed by atoms with Crippen LogP contribution in [0.4, 0.5) is 0 Å². The number of rotatable bonds is 8. The summed E-state index contributed by atoms with van der Waals surface area (Å²) in [4.78, 5) is 45.8. The second-order valence-corrected chi connectivity index (χ2v) is 4.77. The minimum absolute atomic E-state index is 0.563. The van der Waals surface area contributed by atoms with E-state index in [2.05, 4.69) is 5.32 Å². The molecule has 0 spiro atoms. The first-order valence-electron chi connectivity index (χ1n) is 6.58. The molecule has 0 rings (SSSR count). The van der Waals surface area contributed by atoms with Crippen molar-refractivity contribution in [2.45, 2.75) is 37.6 Å². The molecule has 4 amide bonds. The third-order valence-electron chi connectivity index (χ3n) is 2.70. The molecular formula is C11H22N6O6. The van der Waals surface area contributed by atoms with Crippen molar-refractivity contribution in [3.8, 4) is 0 Å². The lowest BCUT2D eigenvalue weighted by atomic mass is 10.1. The second-order valence-electron chi connectivity index (χ2n) is 4.77. The smallest absolute Gasteiger partial charge is 0.261 e. The predicted molar refractivity (Wildman–Crippen MR) is 76.7 cm³/mol. The first-order chi connectivity index (χ1) is 10.6. The number of carbonyl (C=O) groups excluding carboxylic acids is 4. The van der Waals surface area contributed by atoms with E-state index in [0.717, 1.165) is 0 Å². The summed E-state index contributed by atoms with van der Waals surface area (Å²) in [5, 5.41) is 20.0. The highest BCUT2D eigenvalue weighted by molar-refractivity contribution is 5.94. The van der Waals surface area contributed by atoms with E-state index in [0.29, 0.717) is 0 Å². The SMILES string of the molecule is CC(O)C(N)C(=O)NC(CC(N)=O)C(=O)NNC(=O)C(N)CO. The summed E-state index contributed by atoms with van der Waals surface area (Å²) in [5.41, 5.74) is 19.4. The third-order valence-corrected chi connectivity index (χ3v) is 2.70. The van der Waals surface area contributed by atoms with Crippen LogP contribution in [0, 0.1) is 0 Å². The van der Waals surface area contributed by atoms with Gasteiger partial charge < -0.3 is 32.7 Å². The Balaban J connectivity index is 4.76. The zero-order valence-electron chi connectivity index (χ0n) is 12.5. The molecule has 11 N–H and O–H groups in total. The molecule has 0 aromatic carbocycles. The molecule has 0 aliphatic carbocycles. The fourth-order valence-corrected chi connectivity index (χ4v) is 1.28. The van der Waals surface area contributed by atoms with Gasteiger partial charge in [-0.05, 0) is 6.92 Å². The lowest BCUT2D eigenvalue weighted by Crippen LogP contribution is -2.58. The molecule has 0 radical (unpaired) electrons. The average Bonchev–Trinajstić information content (AvgIpc) is 2.48. The molecule has 0 aliphatic heterocycles. The number of primary amides is 1. The Morgan fingerprint density at radius 2 is 1.57 bits per heavy atom. The summed E-state index contributed by atoms with van der Waals surface area (Å²) in [6.45, 7) is 0.621. The molecule has 0 aromatic heterocycles. The van der Waals surface area contributed by atoms with Gasteiger partial charge in [0.05, 0.1) is 19.1 Å². The van der Waals surface area contributed by atoms with Crippen LogP contribution in [0.15, 0.2) is 0 Å². The summed E-state index contributed by atoms with van der Waals surface area (Å²) in [7, 11) is 0. The van der Waals surface area contributed by atoms with Crippen LogP contribution in [0.2, 0.25) is 0 Å². The van der Waals surface area contributed by atoms with Gasteiger partial charge in [-0.25, -0.2) is 0 Å². The van der Waals surface area contributed by atoms with E-state index in [1.165, 1.54) is 6.92 Å². The number of hydrazine groups is 1. The number of amides is 4. The summed E-state index contributed by atoms with van der Waals surface area (Å²) < 4.78 is 0. The maximum absolute atomic E-state index is 11.9. The highest BCUT2D eigenvalue weighted by Crippen LogP contribution is 1.95. The zero-order valence-corrected chi connectivity index (χ0v) is 12.5. The normalized spacial score (nSPS) is 15.7. The second kappa shape index (κ2) is 9.68. The van der Waals surface area contributed by atoms with E-state index in [9.17, 15) is 24.3 Å². The minimum atomic E-state index is -1.42. The number of aliphatic hydroxyl groups is 2. The summed E-state index contributed by atoms with van der Waals surface area (Å²) >= 11 is 0. The van der Waals surface area contributed by atoms with Gasteiger partial charge >= 0.3 is 0 Å². The van der Waals surface area contributed by atoms with Crippen molar-refractivity contribution >= 4 is 23.6 Å². The van der Waals surface area contributed by atoms with Crippen molar-refractivity contribution < 1.29 is 29.4 Å². The van der Waals surface area contributed by atoms with Crippen molar-refractivity contribution in [3.63, 3.8) is 0 Å². The van der Waals surface area contributed by atoms with Crippen LogP contribution < -0.4 is 33.4 Å². The quantitative estimate of drug-likeness (QED) is 0.199. The van der Waals surface area contributed by atoms with Crippen LogP contribution in [0.25, 0.3) is 0 Å². The first kappa shape index (κ1) is 20.7. The van der Waals surface area contributed by atoms with Crippen LogP contribution in [-0.4, -0.2) is 64.7 Å². The van der Waals surface area contributed by atoms with Crippen molar-refractivity contribution in [2.24, 2.45) is 17.2 Å². The summed E-state index contributed by atoms with van der Waals surface area (Å²) in [6.07, 6.45) is -1.75. The number of nitrogens with two attached hydrogens (primary N) is 3. The van der Waals surface area contributed by atoms with Crippen LogP contribution >= 0.6 is 0 Å². The number of nitrogens with one attached hydrogen (secondary N) is 3. The molecule has 23 heavy (non-hydrogen) atoms. The Bertz CT molecular complexity index is 456. The van der Waals surface area contributed by atoms with E-state index in [1.54, 1.807) is 0 Å². The highest BCUT2D eigenvalue weighted by Gasteiger charge is 2.27. The first-order valence-corrected chi connectivity index (χ1v) is 6.58. The molecule has 4 atom stereocenters. The van der Waals surface area contributed by atoms with Crippen molar-refractivity contribution in [2.75, 3.05) is 6.61 Å². The summed E-state index contributed by atoms with van der Waals surface area (Å²) in [5.74, 6) is -3.63. The molecule has 12 heteroatoms. The third kappa shape index (κ3) is 7.51. The molecule has 132 valence electrons. The molecule has 4 unspecified atom stereocenters. The van der Waals surface area contributed by atoms with Gasteiger partial charge in [0.15, 0.2) is 0 Å². The van der Waals surface area contributed by atoms with Gasteiger partial charge in [0.25, 0.3) is 11.8 Å². The maximum atomic E-state index is 11.9. The number of hydrogen-bond donors (Lipinski definition) is 8. The predicted octanol–water partition coefficient (Wildman–Crippen LogP) is -5.48. The standard InChI is InChI=1S/C11H22N6O6/c1-4(19)8(14)11(23)15-6(2-7(13)20)10(22)17-16-9(21)5(12)3-18/h4-6,8,18-19H,2-3,12,14H2,1H3,(H2,13,20)(H,15,23)(H,16,21)(H,17,22).